The van der Waals surface area contributed by atoms with Gasteiger partial charge < -0.3 is 14.9 Å². The molecule has 166 valence electrons. The van der Waals surface area contributed by atoms with Gasteiger partial charge in [-0.15, -0.1) is 0 Å². The van der Waals surface area contributed by atoms with Crippen LogP contribution in [0.5, 0.6) is 5.75 Å². The molecule has 0 amide bonds. The topological polar surface area (TPSA) is 101 Å². The van der Waals surface area contributed by atoms with Crippen LogP contribution in [0.15, 0.2) is 40.8 Å². The number of benzene rings is 1. The molecule has 0 aliphatic carbocycles. The quantitative estimate of drug-likeness (QED) is 0.315. The van der Waals surface area contributed by atoms with Crippen molar-refractivity contribution in [1.29, 1.82) is 5.26 Å². The Morgan fingerprint density at radius 3 is 2.59 bits per heavy atom. The summed E-state index contributed by atoms with van der Waals surface area (Å²) in [5.41, 5.74) is 9.47. The van der Waals surface area contributed by atoms with E-state index in [4.69, 9.17) is 15.7 Å². The number of nitrogens with two attached hydrogens (primary N) is 1. The van der Waals surface area contributed by atoms with Crippen molar-refractivity contribution in [3.05, 3.63) is 42.1 Å². The number of azo groups is 1. The molecule has 0 radical (unpaired) electrons. The Balaban J connectivity index is 0.00000141. The van der Waals surface area contributed by atoms with Gasteiger partial charge in [-0.25, -0.2) is 14.6 Å². The Bertz CT molecular complexity index is 1160. The monoisotopic (exact) mass is 434 g/mol. The van der Waals surface area contributed by atoms with Crippen LogP contribution in [0.1, 0.15) is 32.4 Å². The number of ether oxygens (including phenoxy) is 1. The first-order chi connectivity index (χ1) is 15.5. The molecule has 1 saturated heterocycles. The van der Waals surface area contributed by atoms with E-state index < -0.39 is 5.82 Å². The Kier molecular flexibility index (Phi) is 7.47. The molecule has 1 aliphatic heterocycles. The fourth-order valence-corrected chi connectivity index (χ4v) is 3.83. The van der Waals surface area contributed by atoms with Crippen molar-refractivity contribution in [1.82, 2.24) is 9.38 Å². The van der Waals surface area contributed by atoms with Crippen LogP contribution in [0, 0.1) is 24.0 Å². The van der Waals surface area contributed by atoms with Gasteiger partial charge in [0.2, 0.25) is 0 Å². The zero-order valence-corrected chi connectivity index (χ0v) is 19.0. The molecule has 0 saturated carbocycles. The molecular formula is C23H28BFN6O. The van der Waals surface area contributed by atoms with E-state index in [1.165, 1.54) is 13.2 Å². The fraction of sp³-hybridized carbons (Fsp3) is 0.391. The van der Waals surface area contributed by atoms with Gasteiger partial charge in [0, 0.05) is 23.9 Å². The molecule has 1 aliphatic rings. The number of fused-ring (bicyclic) bond motifs is 1. The van der Waals surface area contributed by atoms with Gasteiger partial charge in [0.15, 0.2) is 11.5 Å². The molecule has 0 atom stereocenters. The van der Waals surface area contributed by atoms with Gasteiger partial charge in [0.05, 0.1) is 18.8 Å². The van der Waals surface area contributed by atoms with Crippen LogP contribution in [-0.2, 0) is 0 Å². The number of hydrogen-bond donors (Lipinski definition) is 1. The highest BCUT2D eigenvalue weighted by Crippen LogP contribution is 2.38. The molecule has 32 heavy (non-hydrogen) atoms. The number of anilines is 1. The smallest absolute Gasteiger partial charge is 0.268 e. The predicted molar refractivity (Wildman–Crippen MR) is 126 cm³/mol. The number of imidazole rings is 1. The SMILES string of the molecule is CC.COc1cc(-c2cc(F)c3nc(C)cn3c2)cc(N=NC2CCB(C#N)CC2)c1N. The van der Waals surface area contributed by atoms with E-state index in [0.29, 0.717) is 22.7 Å². The van der Waals surface area contributed by atoms with E-state index >= 15 is 0 Å². The van der Waals surface area contributed by atoms with E-state index in [1.807, 2.05) is 27.0 Å². The Labute approximate surface area is 188 Å². The van der Waals surface area contributed by atoms with Crippen molar-refractivity contribution in [2.24, 2.45) is 10.2 Å². The van der Waals surface area contributed by atoms with Crippen LogP contribution in [0.3, 0.4) is 0 Å². The Hall–Kier alpha value is -3.41. The largest absolute Gasteiger partial charge is 0.494 e. The maximum atomic E-state index is 14.6. The van der Waals surface area contributed by atoms with Gasteiger partial charge in [0.25, 0.3) is 6.71 Å². The number of hydrogen-bond acceptors (Lipinski definition) is 6. The molecule has 2 N–H and O–H groups in total. The summed E-state index contributed by atoms with van der Waals surface area (Å²) in [6.45, 7) is 5.93. The lowest BCUT2D eigenvalue weighted by Gasteiger charge is -2.18. The second-order valence-corrected chi connectivity index (χ2v) is 7.65. The predicted octanol–water partition coefficient (Wildman–Crippen LogP) is 5.87. The van der Waals surface area contributed by atoms with Crippen LogP contribution in [-0.4, -0.2) is 29.2 Å². The molecule has 3 heterocycles. The maximum Gasteiger partial charge on any atom is 0.268 e. The first-order valence-corrected chi connectivity index (χ1v) is 10.9. The van der Waals surface area contributed by atoms with Gasteiger partial charge in [-0.3, -0.25) is 0 Å². The molecule has 7 nitrogen and oxygen atoms in total. The zero-order chi connectivity index (χ0) is 23.3. The first kappa shape index (κ1) is 23.3. The summed E-state index contributed by atoms with van der Waals surface area (Å²) in [5, 5.41) is 17.9. The molecule has 0 unspecified atom stereocenters. The van der Waals surface area contributed by atoms with Crippen molar-refractivity contribution >= 4 is 23.7 Å². The summed E-state index contributed by atoms with van der Waals surface area (Å²) in [6, 6.07) is 5.06. The molecular weight excluding hydrogens is 406 g/mol. The molecule has 1 fully saturated rings. The number of halogens is 1. The summed E-state index contributed by atoms with van der Waals surface area (Å²) >= 11 is 0. The molecule has 1 aromatic carbocycles. The number of nitrogen functional groups attached to an aromatic ring is 1. The summed E-state index contributed by atoms with van der Waals surface area (Å²) in [7, 11) is 1.53. The standard InChI is InChI=1S/C21H22BFN6O.C2H6/c1-13-10-29-11-15(7-17(23)21(29)26-13)14-8-18(20(25)19(9-14)30-2)28-27-16-3-5-22(12-24)6-4-16;1-2/h7-11,16H,3-6,25H2,1-2H3;1-2H3. The Morgan fingerprint density at radius 1 is 1.22 bits per heavy atom. The van der Waals surface area contributed by atoms with Crippen molar-refractivity contribution in [2.45, 2.75) is 52.3 Å². The fourth-order valence-electron chi connectivity index (χ4n) is 3.83. The number of nitriles is 1. The molecule has 4 rings (SSSR count). The third-order valence-electron chi connectivity index (χ3n) is 5.51. The lowest BCUT2D eigenvalue weighted by molar-refractivity contribution is 0.417. The van der Waals surface area contributed by atoms with E-state index in [0.717, 1.165) is 36.7 Å². The minimum Gasteiger partial charge on any atom is -0.494 e. The highest BCUT2D eigenvalue weighted by Gasteiger charge is 2.24. The second kappa shape index (κ2) is 10.3. The lowest BCUT2D eigenvalue weighted by Crippen LogP contribution is -2.21. The van der Waals surface area contributed by atoms with Gasteiger partial charge in [-0.05, 0) is 43.5 Å². The van der Waals surface area contributed by atoms with Crippen molar-refractivity contribution in [2.75, 3.05) is 12.8 Å². The number of pyridine rings is 1. The van der Waals surface area contributed by atoms with Crippen LogP contribution in [0.4, 0.5) is 15.8 Å². The van der Waals surface area contributed by atoms with E-state index in [1.54, 1.807) is 22.7 Å². The summed E-state index contributed by atoms with van der Waals surface area (Å²) in [6.07, 6.45) is 6.92. The van der Waals surface area contributed by atoms with Crippen molar-refractivity contribution < 1.29 is 9.13 Å². The normalized spacial score (nSPS) is 14.3. The Morgan fingerprint density at radius 2 is 1.94 bits per heavy atom. The summed E-state index contributed by atoms with van der Waals surface area (Å²) in [4.78, 5) is 4.20. The number of aryl methyl sites for hydroxylation is 1. The second-order valence-electron chi connectivity index (χ2n) is 7.65. The zero-order valence-electron chi connectivity index (χ0n) is 19.0. The van der Waals surface area contributed by atoms with Gasteiger partial charge in [-0.2, -0.15) is 10.2 Å². The van der Waals surface area contributed by atoms with Crippen molar-refractivity contribution in [3.63, 3.8) is 0 Å². The third-order valence-corrected chi connectivity index (χ3v) is 5.51. The lowest BCUT2D eigenvalue weighted by atomic mass is 9.42. The highest BCUT2D eigenvalue weighted by atomic mass is 19.1. The van der Waals surface area contributed by atoms with Gasteiger partial charge >= 0.3 is 0 Å². The van der Waals surface area contributed by atoms with Crippen LogP contribution >= 0.6 is 0 Å². The molecule has 2 aromatic heterocycles. The van der Waals surface area contributed by atoms with E-state index in [9.17, 15) is 4.39 Å². The average molecular weight is 434 g/mol. The van der Waals surface area contributed by atoms with Crippen LogP contribution < -0.4 is 10.5 Å². The van der Waals surface area contributed by atoms with Crippen LogP contribution in [0.2, 0.25) is 12.6 Å². The highest BCUT2D eigenvalue weighted by molar-refractivity contribution is 6.67. The molecule has 0 bridgehead atoms. The number of methoxy groups -OCH3 is 1. The summed E-state index contributed by atoms with van der Waals surface area (Å²) < 4.78 is 21.6. The molecule has 9 heteroatoms. The number of nitrogens with zero attached hydrogens (tertiary/aromatic N) is 5. The van der Waals surface area contributed by atoms with Crippen LogP contribution in [0.25, 0.3) is 16.8 Å². The minimum absolute atomic E-state index is 0.0753. The third kappa shape index (κ3) is 4.91. The minimum atomic E-state index is -0.408. The van der Waals surface area contributed by atoms with Crippen molar-refractivity contribution in [3.8, 4) is 22.8 Å². The van der Waals surface area contributed by atoms with E-state index in [2.05, 4.69) is 21.2 Å². The van der Waals surface area contributed by atoms with Gasteiger partial charge in [-0.1, -0.05) is 26.5 Å². The summed E-state index contributed by atoms with van der Waals surface area (Å²) in [5.74, 6) is 2.37. The average Bonchev–Trinajstić information content (AvgIpc) is 3.21. The number of rotatable bonds is 4. The van der Waals surface area contributed by atoms with Gasteiger partial charge in [0.1, 0.15) is 17.1 Å². The first-order valence-electron chi connectivity index (χ1n) is 10.9. The van der Waals surface area contributed by atoms with E-state index in [-0.39, 0.29) is 18.4 Å². The maximum absolute atomic E-state index is 14.6. The molecule has 3 aromatic rings. The molecule has 0 spiro atoms. The number of aromatic nitrogens is 2.